The Balaban J connectivity index is 1.37. The summed E-state index contributed by atoms with van der Waals surface area (Å²) in [5.74, 6) is -1.66. The van der Waals surface area contributed by atoms with Crippen LogP contribution in [0.3, 0.4) is 0 Å². The van der Waals surface area contributed by atoms with Crippen molar-refractivity contribution in [2.45, 2.75) is 6.18 Å². The van der Waals surface area contributed by atoms with E-state index in [1.165, 1.54) is 41.3 Å². The molecule has 0 atom stereocenters. The molecule has 1 saturated heterocycles. The lowest BCUT2D eigenvalue weighted by Crippen LogP contribution is -2.49. The average molecular weight is 497 g/mol. The molecule has 1 aliphatic heterocycles. The van der Waals surface area contributed by atoms with Gasteiger partial charge in [-0.2, -0.15) is 13.2 Å². The quantitative estimate of drug-likeness (QED) is 0.376. The number of anilines is 2. The predicted molar refractivity (Wildman–Crippen MR) is 130 cm³/mol. The van der Waals surface area contributed by atoms with Gasteiger partial charge in [0.1, 0.15) is 5.82 Å². The molecule has 2 amide bonds. The SMILES string of the molecule is O=C(/C=C/c1ccccc1)Nc1ccc(N2CCN(C(=O)c3ccccc3C(F)(F)F)CC2)c(F)c1. The van der Waals surface area contributed by atoms with Gasteiger partial charge in [0, 0.05) is 37.9 Å². The van der Waals surface area contributed by atoms with Gasteiger partial charge in [0.2, 0.25) is 5.91 Å². The minimum atomic E-state index is -4.63. The van der Waals surface area contributed by atoms with Crippen molar-refractivity contribution in [1.29, 1.82) is 0 Å². The average Bonchev–Trinajstić information content (AvgIpc) is 2.87. The molecule has 9 heteroatoms. The third kappa shape index (κ3) is 5.91. The molecule has 5 nitrogen and oxygen atoms in total. The number of halogens is 4. The molecule has 0 saturated carbocycles. The first kappa shape index (κ1) is 25.0. The number of hydrogen-bond acceptors (Lipinski definition) is 3. The summed E-state index contributed by atoms with van der Waals surface area (Å²) in [4.78, 5) is 28.0. The van der Waals surface area contributed by atoms with Gasteiger partial charge >= 0.3 is 6.18 Å². The van der Waals surface area contributed by atoms with Crippen LogP contribution in [0.5, 0.6) is 0 Å². The second-order valence-corrected chi connectivity index (χ2v) is 8.22. The highest BCUT2D eigenvalue weighted by molar-refractivity contribution is 6.02. The second-order valence-electron chi connectivity index (χ2n) is 8.22. The number of alkyl halides is 3. The van der Waals surface area contributed by atoms with E-state index in [4.69, 9.17) is 0 Å². The number of piperazine rings is 1. The minimum Gasteiger partial charge on any atom is -0.366 e. The van der Waals surface area contributed by atoms with Crippen LogP contribution in [-0.4, -0.2) is 42.9 Å². The van der Waals surface area contributed by atoms with E-state index in [0.717, 1.165) is 11.6 Å². The second kappa shape index (κ2) is 10.6. The maximum Gasteiger partial charge on any atom is 0.417 e. The van der Waals surface area contributed by atoms with Gasteiger partial charge in [-0.25, -0.2) is 4.39 Å². The number of nitrogens with zero attached hydrogens (tertiary/aromatic N) is 2. The van der Waals surface area contributed by atoms with Gasteiger partial charge < -0.3 is 15.1 Å². The number of carbonyl (C=O) groups excluding carboxylic acids is 2. The van der Waals surface area contributed by atoms with E-state index in [9.17, 15) is 27.2 Å². The molecule has 186 valence electrons. The molecule has 3 aromatic rings. The highest BCUT2D eigenvalue weighted by atomic mass is 19.4. The van der Waals surface area contributed by atoms with Crippen molar-refractivity contribution >= 4 is 29.3 Å². The third-order valence-corrected chi connectivity index (χ3v) is 5.81. The van der Waals surface area contributed by atoms with E-state index in [1.54, 1.807) is 17.0 Å². The highest BCUT2D eigenvalue weighted by Crippen LogP contribution is 2.33. The van der Waals surface area contributed by atoms with E-state index < -0.39 is 34.9 Å². The zero-order valence-corrected chi connectivity index (χ0v) is 19.1. The van der Waals surface area contributed by atoms with Crippen molar-refractivity contribution in [3.63, 3.8) is 0 Å². The van der Waals surface area contributed by atoms with Crippen LogP contribution in [0.15, 0.2) is 78.9 Å². The molecule has 0 unspecified atom stereocenters. The largest absolute Gasteiger partial charge is 0.417 e. The molecule has 0 bridgehead atoms. The summed E-state index contributed by atoms with van der Waals surface area (Å²) in [6, 6.07) is 18.3. The maximum atomic E-state index is 14.8. The summed E-state index contributed by atoms with van der Waals surface area (Å²) in [7, 11) is 0. The number of amides is 2. The summed E-state index contributed by atoms with van der Waals surface area (Å²) in [5.41, 5.74) is 0.0617. The third-order valence-electron chi connectivity index (χ3n) is 5.81. The van der Waals surface area contributed by atoms with Gasteiger partial charge in [0.05, 0.1) is 16.8 Å². The van der Waals surface area contributed by atoms with Crippen molar-refractivity contribution in [3.8, 4) is 0 Å². The number of nitrogens with one attached hydrogen (secondary N) is 1. The summed E-state index contributed by atoms with van der Waals surface area (Å²) < 4.78 is 54.7. The summed E-state index contributed by atoms with van der Waals surface area (Å²) in [6.07, 6.45) is -1.63. The lowest BCUT2D eigenvalue weighted by atomic mass is 10.1. The summed E-state index contributed by atoms with van der Waals surface area (Å²) in [6.45, 7) is 0.797. The Hall–Kier alpha value is -4.14. The number of hydrogen-bond donors (Lipinski definition) is 1. The van der Waals surface area contributed by atoms with Crippen LogP contribution in [0, 0.1) is 5.82 Å². The molecular formula is C27H23F4N3O2. The minimum absolute atomic E-state index is 0.146. The van der Waals surface area contributed by atoms with Crippen molar-refractivity contribution in [2.75, 3.05) is 36.4 Å². The van der Waals surface area contributed by atoms with Crippen LogP contribution < -0.4 is 10.2 Å². The molecule has 0 aliphatic carbocycles. The van der Waals surface area contributed by atoms with Crippen LogP contribution in [0.25, 0.3) is 6.08 Å². The molecule has 4 rings (SSSR count). The molecule has 36 heavy (non-hydrogen) atoms. The fraction of sp³-hybridized carbons (Fsp3) is 0.185. The topological polar surface area (TPSA) is 52.7 Å². The first-order chi connectivity index (χ1) is 17.2. The van der Waals surface area contributed by atoms with Gasteiger partial charge in [-0.05, 0) is 42.0 Å². The Bertz CT molecular complexity index is 1270. The monoisotopic (exact) mass is 497 g/mol. The van der Waals surface area contributed by atoms with Gasteiger partial charge in [-0.3, -0.25) is 9.59 Å². The van der Waals surface area contributed by atoms with Crippen LogP contribution in [0.1, 0.15) is 21.5 Å². The summed E-state index contributed by atoms with van der Waals surface area (Å²) in [5, 5.41) is 2.61. The maximum absolute atomic E-state index is 14.8. The summed E-state index contributed by atoms with van der Waals surface area (Å²) >= 11 is 0. The first-order valence-corrected chi connectivity index (χ1v) is 11.3. The van der Waals surface area contributed by atoms with E-state index >= 15 is 0 Å². The van der Waals surface area contributed by atoms with E-state index in [0.29, 0.717) is 0 Å². The van der Waals surface area contributed by atoms with Crippen molar-refractivity contribution in [2.24, 2.45) is 0 Å². The number of benzene rings is 3. The van der Waals surface area contributed by atoms with Crippen LogP contribution in [0.4, 0.5) is 28.9 Å². The van der Waals surface area contributed by atoms with E-state index in [1.807, 2.05) is 30.3 Å². The molecule has 1 heterocycles. The van der Waals surface area contributed by atoms with Gasteiger partial charge in [-0.15, -0.1) is 0 Å². The lowest BCUT2D eigenvalue weighted by molar-refractivity contribution is -0.138. The molecule has 1 aliphatic rings. The molecule has 1 fully saturated rings. The van der Waals surface area contributed by atoms with E-state index in [2.05, 4.69) is 5.32 Å². The fourth-order valence-corrected chi connectivity index (χ4v) is 4.00. The zero-order chi connectivity index (χ0) is 25.7. The van der Waals surface area contributed by atoms with Crippen molar-refractivity contribution < 1.29 is 27.2 Å². The van der Waals surface area contributed by atoms with Crippen LogP contribution in [0.2, 0.25) is 0 Å². The lowest BCUT2D eigenvalue weighted by Gasteiger charge is -2.36. The standard InChI is InChI=1S/C27H23F4N3O2/c28-23-18-20(32-25(35)13-10-19-6-2-1-3-7-19)11-12-24(23)33-14-16-34(17-15-33)26(36)21-8-4-5-9-22(21)27(29,30)31/h1-13,18H,14-17H2,(H,32,35)/b13-10+. The van der Waals surface area contributed by atoms with Gasteiger partial charge in [0.25, 0.3) is 5.91 Å². The van der Waals surface area contributed by atoms with Crippen LogP contribution >= 0.6 is 0 Å². The van der Waals surface area contributed by atoms with Crippen molar-refractivity contribution in [1.82, 2.24) is 4.90 Å². The van der Waals surface area contributed by atoms with Crippen LogP contribution in [-0.2, 0) is 11.0 Å². The van der Waals surface area contributed by atoms with Gasteiger partial charge in [-0.1, -0.05) is 42.5 Å². The highest BCUT2D eigenvalue weighted by Gasteiger charge is 2.36. The fourth-order valence-electron chi connectivity index (χ4n) is 4.00. The van der Waals surface area contributed by atoms with Gasteiger partial charge in [0.15, 0.2) is 0 Å². The Morgan fingerprint density at radius 1 is 0.861 bits per heavy atom. The van der Waals surface area contributed by atoms with E-state index in [-0.39, 0.29) is 37.6 Å². The normalized spacial score (nSPS) is 14.2. The predicted octanol–water partition coefficient (Wildman–Crippen LogP) is 5.46. The molecule has 1 N–H and O–H groups in total. The smallest absolute Gasteiger partial charge is 0.366 e. The molecule has 3 aromatic carbocycles. The first-order valence-electron chi connectivity index (χ1n) is 11.3. The molecule has 0 spiro atoms. The molecular weight excluding hydrogens is 474 g/mol. The Morgan fingerprint density at radius 3 is 2.19 bits per heavy atom. The Kier molecular flexibility index (Phi) is 7.38. The zero-order valence-electron chi connectivity index (χ0n) is 19.1. The molecule has 0 aromatic heterocycles. The number of rotatable bonds is 5. The Labute approximate surface area is 205 Å². The molecule has 0 radical (unpaired) electrons. The Morgan fingerprint density at radius 2 is 1.53 bits per heavy atom. The number of carbonyl (C=O) groups is 2. The van der Waals surface area contributed by atoms with Crippen molar-refractivity contribution in [3.05, 3.63) is 101 Å².